The molecule has 0 aromatic heterocycles. The van der Waals surface area contributed by atoms with Crippen LogP contribution in [0.25, 0.3) is 0 Å². The molecule has 1 aliphatic heterocycles. The van der Waals surface area contributed by atoms with Crippen LogP contribution in [-0.2, 0) is 19.6 Å². The monoisotopic (exact) mass is 431 g/mol. The highest BCUT2D eigenvalue weighted by Gasteiger charge is 2.27. The molecule has 2 N–H and O–H groups in total. The number of sulfonamides is 1. The third-order valence-electron chi connectivity index (χ3n) is 4.50. The average molecular weight is 431 g/mol. The first kappa shape index (κ1) is 21.3. The maximum absolute atomic E-state index is 12.8. The van der Waals surface area contributed by atoms with Crippen LogP contribution in [-0.4, -0.2) is 50.9 Å². The number of urea groups is 1. The van der Waals surface area contributed by atoms with Gasteiger partial charge in [0, 0.05) is 18.8 Å². The normalized spacial score (nSPS) is 13.7. The molecule has 30 heavy (non-hydrogen) atoms. The van der Waals surface area contributed by atoms with Crippen LogP contribution >= 0.6 is 0 Å². The standard InChI is InChI=1S/C20H21N3O6S/c1-13-3-7-16(8-4-13)22-30(27,28)17-11-15(6-5-14(17)2)19(25)29-12-18(24)23-10-9-21-20(23)26/h3-8,11,22H,9-10,12H2,1-2H3,(H,21,26). The summed E-state index contributed by atoms with van der Waals surface area (Å²) in [5.74, 6) is -1.52. The summed E-state index contributed by atoms with van der Waals surface area (Å²) in [7, 11) is -3.95. The Bertz CT molecular complexity index is 1100. The lowest BCUT2D eigenvalue weighted by Gasteiger charge is -2.13. The molecule has 0 saturated carbocycles. The third-order valence-corrected chi connectivity index (χ3v) is 6.03. The summed E-state index contributed by atoms with van der Waals surface area (Å²) in [5.41, 5.74) is 1.79. The Balaban J connectivity index is 1.73. The third kappa shape index (κ3) is 4.77. The minimum absolute atomic E-state index is 0.0245. The summed E-state index contributed by atoms with van der Waals surface area (Å²) in [5, 5.41) is 2.48. The van der Waals surface area contributed by atoms with Crippen molar-refractivity contribution >= 4 is 33.6 Å². The van der Waals surface area contributed by atoms with E-state index in [0.29, 0.717) is 17.8 Å². The number of carbonyl (C=O) groups excluding carboxylic acids is 3. The molecule has 3 rings (SSSR count). The lowest BCUT2D eigenvalue weighted by atomic mass is 10.1. The number of carbonyl (C=O) groups is 3. The molecule has 0 bridgehead atoms. The molecule has 1 aliphatic rings. The number of nitrogens with zero attached hydrogens (tertiary/aromatic N) is 1. The van der Waals surface area contributed by atoms with Crippen LogP contribution in [0.5, 0.6) is 0 Å². The molecule has 1 saturated heterocycles. The lowest BCUT2D eigenvalue weighted by molar-refractivity contribution is -0.130. The van der Waals surface area contributed by atoms with Crippen LogP contribution in [0.4, 0.5) is 10.5 Å². The van der Waals surface area contributed by atoms with Crippen LogP contribution in [0.3, 0.4) is 0 Å². The molecular weight excluding hydrogens is 410 g/mol. The predicted octanol–water partition coefficient (Wildman–Crippen LogP) is 1.81. The number of esters is 1. The van der Waals surface area contributed by atoms with Gasteiger partial charge in [-0.3, -0.25) is 14.4 Å². The van der Waals surface area contributed by atoms with Crippen molar-refractivity contribution in [1.82, 2.24) is 10.2 Å². The van der Waals surface area contributed by atoms with Gasteiger partial charge in [-0.15, -0.1) is 0 Å². The van der Waals surface area contributed by atoms with Gasteiger partial charge >= 0.3 is 12.0 Å². The Morgan fingerprint density at radius 3 is 2.47 bits per heavy atom. The van der Waals surface area contributed by atoms with Gasteiger partial charge in [0.2, 0.25) is 0 Å². The maximum Gasteiger partial charge on any atom is 0.338 e. The molecule has 0 aliphatic carbocycles. The molecule has 1 heterocycles. The first-order valence-electron chi connectivity index (χ1n) is 9.13. The second kappa shape index (κ2) is 8.54. The Labute approximate surface area is 174 Å². The van der Waals surface area contributed by atoms with Crippen molar-refractivity contribution in [2.75, 3.05) is 24.4 Å². The number of aryl methyl sites for hydroxylation is 2. The molecule has 0 atom stereocenters. The van der Waals surface area contributed by atoms with E-state index in [-0.39, 0.29) is 17.0 Å². The quantitative estimate of drug-likeness (QED) is 0.673. The van der Waals surface area contributed by atoms with Gasteiger partial charge in [-0.2, -0.15) is 0 Å². The number of benzene rings is 2. The Kier molecular flexibility index (Phi) is 6.06. The highest BCUT2D eigenvalue weighted by molar-refractivity contribution is 7.92. The summed E-state index contributed by atoms with van der Waals surface area (Å²) in [6, 6.07) is 10.4. The summed E-state index contributed by atoms with van der Waals surface area (Å²) in [6.07, 6.45) is 0. The molecule has 2 aromatic rings. The molecule has 0 unspecified atom stereocenters. The van der Waals surface area contributed by atoms with Crippen LogP contribution in [0.2, 0.25) is 0 Å². The number of rotatable bonds is 6. The summed E-state index contributed by atoms with van der Waals surface area (Å²) < 4.78 is 33.0. The molecule has 1 fully saturated rings. The SMILES string of the molecule is Cc1ccc(NS(=O)(=O)c2cc(C(=O)OCC(=O)N3CCNC3=O)ccc2C)cc1. The minimum atomic E-state index is -3.95. The minimum Gasteiger partial charge on any atom is -0.452 e. The number of imide groups is 1. The van der Waals surface area contributed by atoms with Crippen molar-refractivity contribution in [3.8, 4) is 0 Å². The fourth-order valence-corrected chi connectivity index (χ4v) is 4.18. The van der Waals surface area contributed by atoms with E-state index in [1.807, 2.05) is 6.92 Å². The first-order valence-corrected chi connectivity index (χ1v) is 10.6. The van der Waals surface area contributed by atoms with E-state index >= 15 is 0 Å². The van der Waals surface area contributed by atoms with Gasteiger partial charge in [0.1, 0.15) is 0 Å². The second-order valence-electron chi connectivity index (χ2n) is 6.81. The fraction of sp³-hybridized carbons (Fsp3) is 0.250. The van der Waals surface area contributed by atoms with E-state index in [0.717, 1.165) is 10.5 Å². The van der Waals surface area contributed by atoms with Gasteiger partial charge in [0.25, 0.3) is 15.9 Å². The largest absolute Gasteiger partial charge is 0.452 e. The van der Waals surface area contributed by atoms with Gasteiger partial charge in [0.15, 0.2) is 6.61 Å². The Morgan fingerprint density at radius 1 is 1.13 bits per heavy atom. The number of ether oxygens (including phenoxy) is 1. The summed E-state index contributed by atoms with van der Waals surface area (Å²) in [6.45, 7) is 3.41. The van der Waals surface area contributed by atoms with Crippen molar-refractivity contribution in [3.63, 3.8) is 0 Å². The van der Waals surface area contributed by atoms with E-state index in [2.05, 4.69) is 10.0 Å². The molecular formula is C20H21N3O6S. The first-order chi connectivity index (χ1) is 14.2. The fourth-order valence-electron chi connectivity index (χ4n) is 2.85. The van der Waals surface area contributed by atoms with E-state index in [1.165, 1.54) is 18.2 Å². The van der Waals surface area contributed by atoms with Crippen LogP contribution < -0.4 is 10.0 Å². The maximum atomic E-state index is 12.8. The Morgan fingerprint density at radius 2 is 1.83 bits per heavy atom. The average Bonchev–Trinajstić information content (AvgIpc) is 3.13. The number of anilines is 1. The summed E-state index contributed by atoms with van der Waals surface area (Å²) >= 11 is 0. The highest BCUT2D eigenvalue weighted by Crippen LogP contribution is 2.21. The highest BCUT2D eigenvalue weighted by atomic mass is 32.2. The van der Waals surface area contributed by atoms with Crippen molar-refractivity contribution < 1.29 is 27.5 Å². The molecule has 9 nitrogen and oxygen atoms in total. The molecule has 2 aromatic carbocycles. The van der Waals surface area contributed by atoms with Crippen molar-refractivity contribution in [1.29, 1.82) is 0 Å². The number of hydrogen-bond donors (Lipinski definition) is 2. The lowest BCUT2D eigenvalue weighted by Crippen LogP contribution is -2.37. The predicted molar refractivity (Wildman–Crippen MR) is 109 cm³/mol. The van der Waals surface area contributed by atoms with Crippen LogP contribution in [0, 0.1) is 13.8 Å². The van der Waals surface area contributed by atoms with Crippen molar-refractivity contribution in [2.45, 2.75) is 18.7 Å². The molecule has 0 radical (unpaired) electrons. The molecule has 158 valence electrons. The topological polar surface area (TPSA) is 122 Å². The van der Waals surface area contributed by atoms with Gasteiger partial charge < -0.3 is 10.1 Å². The van der Waals surface area contributed by atoms with Gasteiger partial charge in [-0.1, -0.05) is 23.8 Å². The van der Waals surface area contributed by atoms with Gasteiger partial charge in [-0.25, -0.2) is 18.0 Å². The number of hydrogen-bond acceptors (Lipinski definition) is 6. The zero-order valence-electron chi connectivity index (χ0n) is 16.5. The van der Waals surface area contributed by atoms with Crippen molar-refractivity contribution in [2.24, 2.45) is 0 Å². The van der Waals surface area contributed by atoms with E-state index in [4.69, 9.17) is 4.74 Å². The van der Waals surface area contributed by atoms with E-state index in [9.17, 15) is 22.8 Å². The molecule has 3 amide bonds. The number of nitrogens with one attached hydrogen (secondary N) is 2. The zero-order valence-corrected chi connectivity index (χ0v) is 17.3. The zero-order chi connectivity index (χ0) is 21.9. The van der Waals surface area contributed by atoms with Gasteiger partial charge in [0.05, 0.1) is 10.5 Å². The van der Waals surface area contributed by atoms with Crippen LogP contribution in [0.1, 0.15) is 21.5 Å². The van der Waals surface area contributed by atoms with Crippen molar-refractivity contribution in [3.05, 3.63) is 59.2 Å². The summed E-state index contributed by atoms with van der Waals surface area (Å²) in [4.78, 5) is 36.6. The molecule has 10 heteroatoms. The Hall–Kier alpha value is -3.40. The van der Waals surface area contributed by atoms with E-state index in [1.54, 1.807) is 31.2 Å². The second-order valence-corrected chi connectivity index (χ2v) is 8.46. The van der Waals surface area contributed by atoms with E-state index < -0.39 is 34.5 Å². The molecule has 0 spiro atoms. The van der Waals surface area contributed by atoms with Gasteiger partial charge in [-0.05, 0) is 43.7 Å². The number of amides is 3. The van der Waals surface area contributed by atoms with Crippen LogP contribution in [0.15, 0.2) is 47.4 Å². The smallest absolute Gasteiger partial charge is 0.338 e.